The number of allylic oxidation sites excluding steroid dienone is 1. The quantitative estimate of drug-likeness (QED) is 0.814. The Morgan fingerprint density at radius 1 is 1.23 bits per heavy atom. The molecule has 0 fully saturated rings. The first-order valence-electron chi connectivity index (χ1n) is 8.08. The van der Waals surface area contributed by atoms with E-state index in [9.17, 15) is 14.0 Å². The lowest BCUT2D eigenvalue weighted by atomic mass is 10.0. The topological polar surface area (TPSA) is 67.4 Å². The number of carbonyl (C=O) groups is 2. The number of ether oxygens (including phenoxy) is 1. The SMILES string of the molecule is CC(=O)Nc1cccc(C2=CC(=C3C(=O)Nc4cc(F)ccc43)OC2)c1. The maximum Gasteiger partial charge on any atom is 0.260 e. The molecule has 2 heterocycles. The molecule has 0 atom stereocenters. The van der Waals surface area contributed by atoms with Gasteiger partial charge in [-0.1, -0.05) is 12.1 Å². The van der Waals surface area contributed by atoms with Gasteiger partial charge in [-0.2, -0.15) is 0 Å². The van der Waals surface area contributed by atoms with Crippen LogP contribution in [0.2, 0.25) is 0 Å². The highest BCUT2D eigenvalue weighted by atomic mass is 19.1. The second kappa shape index (κ2) is 6.15. The minimum atomic E-state index is -0.409. The van der Waals surface area contributed by atoms with Gasteiger partial charge < -0.3 is 15.4 Å². The summed E-state index contributed by atoms with van der Waals surface area (Å²) in [6, 6.07) is 11.6. The van der Waals surface area contributed by atoms with Gasteiger partial charge >= 0.3 is 0 Å². The second-order valence-electron chi connectivity index (χ2n) is 6.10. The van der Waals surface area contributed by atoms with Crippen molar-refractivity contribution in [1.29, 1.82) is 0 Å². The van der Waals surface area contributed by atoms with Crippen LogP contribution < -0.4 is 10.6 Å². The third-order valence-electron chi connectivity index (χ3n) is 4.21. The van der Waals surface area contributed by atoms with E-state index in [2.05, 4.69) is 10.6 Å². The van der Waals surface area contributed by atoms with Gasteiger partial charge in [-0.05, 0) is 42.0 Å². The first-order valence-corrected chi connectivity index (χ1v) is 8.08. The van der Waals surface area contributed by atoms with Gasteiger partial charge in [0.2, 0.25) is 5.91 Å². The van der Waals surface area contributed by atoms with Crippen LogP contribution in [0.3, 0.4) is 0 Å². The predicted octanol–water partition coefficient (Wildman–Crippen LogP) is 3.56. The smallest absolute Gasteiger partial charge is 0.260 e. The Hall–Kier alpha value is -3.41. The largest absolute Gasteiger partial charge is 0.488 e. The van der Waals surface area contributed by atoms with Gasteiger partial charge in [0.05, 0.1) is 11.3 Å². The van der Waals surface area contributed by atoms with Crippen LogP contribution in [0.25, 0.3) is 11.1 Å². The average Bonchev–Trinajstić information content (AvgIpc) is 3.17. The first kappa shape index (κ1) is 16.1. The molecule has 0 saturated carbocycles. The van der Waals surface area contributed by atoms with Crippen molar-refractivity contribution in [2.45, 2.75) is 6.92 Å². The highest BCUT2D eigenvalue weighted by Gasteiger charge is 2.30. The van der Waals surface area contributed by atoms with Crippen LogP contribution in [-0.2, 0) is 14.3 Å². The number of amides is 2. The monoisotopic (exact) mass is 350 g/mol. The number of fused-ring (bicyclic) bond motifs is 1. The number of nitrogens with one attached hydrogen (secondary N) is 2. The van der Waals surface area contributed by atoms with Crippen molar-refractivity contribution < 1.29 is 18.7 Å². The summed E-state index contributed by atoms with van der Waals surface area (Å²) >= 11 is 0. The summed E-state index contributed by atoms with van der Waals surface area (Å²) in [6.45, 7) is 1.76. The van der Waals surface area contributed by atoms with Gasteiger partial charge in [-0.3, -0.25) is 9.59 Å². The minimum Gasteiger partial charge on any atom is -0.488 e. The highest BCUT2D eigenvalue weighted by Crippen LogP contribution is 2.38. The highest BCUT2D eigenvalue weighted by molar-refractivity contribution is 6.32. The van der Waals surface area contributed by atoms with Crippen molar-refractivity contribution in [3.8, 4) is 0 Å². The van der Waals surface area contributed by atoms with Gasteiger partial charge in [0.1, 0.15) is 18.2 Å². The molecule has 4 rings (SSSR count). The third kappa shape index (κ3) is 2.86. The van der Waals surface area contributed by atoms with Crippen molar-refractivity contribution in [3.05, 3.63) is 71.2 Å². The Morgan fingerprint density at radius 3 is 2.88 bits per heavy atom. The lowest BCUT2D eigenvalue weighted by Gasteiger charge is -2.05. The minimum absolute atomic E-state index is 0.145. The summed E-state index contributed by atoms with van der Waals surface area (Å²) in [4.78, 5) is 23.5. The standard InChI is InChI=1S/C20H15FN2O3/c1-11(24)22-15-4-2-3-12(7-15)13-8-18(26-10-13)19-16-6-5-14(21)9-17(16)23-20(19)25/h2-9H,10H2,1H3,(H,22,24)(H,23,25). The van der Waals surface area contributed by atoms with Crippen molar-refractivity contribution in [2.75, 3.05) is 17.2 Å². The molecule has 0 saturated heterocycles. The fourth-order valence-electron chi connectivity index (χ4n) is 3.10. The normalized spacial score (nSPS) is 18.1. The van der Waals surface area contributed by atoms with E-state index in [0.717, 1.165) is 11.1 Å². The van der Waals surface area contributed by atoms with E-state index in [-0.39, 0.29) is 11.8 Å². The summed E-state index contributed by atoms with van der Waals surface area (Å²) in [5, 5.41) is 5.40. The lowest BCUT2D eigenvalue weighted by Crippen LogP contribution is -2.05. The van der Waals surface area contributed by atoms with E-state index in [0.29, 0.717) is 34.9 Å². The molecular weight excluding hydrogens is 335 g/mol. The zero-order valence-corrected chi connectivity index (χ0v) is 13.9. The molecule has 2 aromatic carbocycles. The summed E-state index contributed by atoms with van der Waals surface area (Å²) in [5.41, 5.74) is 3.93. The Balaban J connectivity index is 1.72. The van der Waals surface area contributed by atoms with Crippen LogP contribution in [0.5, 0.6) is 0 Å². The molecule has 0 unspecified atom stereocenters. The maximum absolute atomic E-state index is 13.4. The number of halogens is 1. The molecule has 2 aliphatic rings. The van der Waals surface area contributed by atoms with Crippen molar-refractivity contribution >= 4 is 34.3 Å². The van der Waals surface area contributed by atoms with Crippen LogP contribution in [0.15, 0.2) is 54.3 Å². The predicted molar refractivity (Wildman–Crippen MR) is 96.6 cm³/mol. The lowest BCUT2D eigenvalue weighted by molar-refractivity contribution is -0.114. The molecule has 6 heteroatoms. The van der Waals surface area contributed by atoms with E-state index in [4.69, 9.17) is 4.74 Å². The molecule has 26 heavy (non-hydrogen) atoms. The van der Waals surface area contributed by atoms with Crippen molar-refractivity contribution in [1.82, 2.24) is 0 Å². The number of benzene rings is 2. The number of hydrogen-bond acceptors (Lipinski definition) is 3. The molecule has 0 aliphatic carbocycles. The van der Waals surface area contributed by atoms with E-state index >= 15 is 0 Å². The Kier molecular flexibility index (Phi) is 3.80. The Morgan fingerprint density at radius 2 is 2.08 bits per heavy atom. The molecule has 2 aliphatic heterocycles. The van der Waals surface area contributed by atoms with Gasteiger partial charge in [-0.15, -0.1) is 0 Å². The van der Waals surface area contributed by atoms with Crippen molar-refractivity contribution in [3.63, 3.8) is 0 Å². The zero-order chi connectivity index (χ0) is 18.3. The van der Waals surface area contributed by atoms with E-state index in [1.165, 1.54) is 19.1 Å². The number of carbonyl (C=O) groups excluding carboxylic acids is 2. The molecule has 130 valence electrons. The number of anilines is 2. The molecule has 2 amide bonds. The Labute approximate surface area is 149 Å². The number of rotatable bonds is 2. The van der Waals surface area contributed by atoms with Crippen LogP contribution in [-0.4, -0.2) is 18.4 Å². The molecule has 0 bridgehead atoms. The van der Waals surface area contributed by atoms with Gasteiger partial charge in [0.15, 0.2) is 0 Å². The van der Waals surface area contributed by atoms with Crippen molar-refractivity contribution in [2.24, 2.45) is 0 Å². The fourth-order valence-corrected chi connectivity index (χ4v) is 3.10. The Bertz CT molecular complexity index is 1010. The maximum atomic E-state index is 13.4. The molecule has 0 spiro atoms. The summed E-state index contributed by atoms with van der Waals surface area (Å²) < 4.78 is 19.1. The second-order valence-corrected chi connectivity index (χ2v) is 6.10. The van der Waals surface area contributed by atoms with E-state index in [1.807, 2.05) is 18.2 Å². The molecule has 5 nitrogen and oxygen atoms in total. The van der Waals surface area contributed by atoms with Crippen LogP contribution in [0.4, 0.5) is 15.8 Å². The van der Waals surface area contributed by atoms with Crippen LogP contribution >= 0.6 is 0 Å². The van der Waals surface area contributed by atoms with Crippen LogP contribution in [0, 0.1) is 5.82 Å². The van der Waals surface area contributed by atoms with Gasteiger partial charge in [-0.25, -0.2) is 4.39 Å². The average molecular weight is 350 g/mol. The molecule has 2 aromatic rings. The summed E-state index contributed by atoms with van der Waals surface area (Å²) in [5.74, 6) is -0.417. The van der Waals surface area contributed by atoms with Gasteiger partial charge in [0, 0.05) is 23.7 Å². The molecule has 2 N–H and O–H groups in total. The molecular formula is C20H15FN2O3. The van der Waals surface area contributed by atoms with E-state index in [1.54, 1.807) is 18.2 Å². The third-order valence-corrected chi connectivity index (χ3v) is 4.21. The molecule has 0 aromatic heterocycles. The summed E-state index contributed by atoms with van der Waals surface area (Å²) in [6.07, 6.45) is 1.81. The van der Waals surface area contributed by atoms with E-state index < -0.39 is 5.82 Å². The first-order chi connectivity index (χ1) is 12.5. The summed E-state index contributed by atoms with van der Waals surface area (Å²) in [7, 11) is 0. The fraction of sp³-hybridized carbons (Fsp3) is 0.100. The number of hydrogen-bond donors (Lipinski definition) is 2. The van der Waals surface area contributed by atoms with Gasteiger partial charge in [0.25, 0.3) is 5.91 Å². The van der Waals surface area contributed by atoms with Crippen LogP contribution in [0.1, 0.15) is 18.1 Å². The molecule has 0 radical (unpaired) electrons. The zero-order valence-electron chi connectivity index (χ0n) is 13.9.